The Kier molecular flexibility index (Phi) is 4.70. The molecule has 0 aliphatic carbocycles. The monoisotopic (exact) mass is 435 g/mol. The first-order valence-corrected chi connectivity index (χ1v) is 11.7. The lowest BCUT2D eigenvalue weighted by Crippen LogP contribution is -2.43. The van der Waals surface area contributed by atoms with Gasteiger partial charge in [-0.3, -0.25) is 4.79 Å². The molecule has 3 heterocycles. The van der Waals surface area contributed by atoms with E-state index >= 15 is 0 Å². The van der Waals surface area contributed by atoms with Crippen molar-refractivity contribution in [2.24, 2.45) is 7.05 Å². The van der Waals surface area contributed by atoms with E-state index in [1.54, 1.807) is 11.9 Å². The summed E-state index contributed by atoms with van der Waals surface area (Å²) in [6.07, 6.45) is 2.11. The van der Waals surface area contributed by atoms with Crippen molar-refractivity contribution in [2.75, 3.05) is 13.1 Å². The number of carbonyl (C=O) groups is 1. The van der Waals surface area contributed by atoms with Gasteiger partial charge in [0.1, 0.15) is 6.33 Å². The number of aromatic nitrogens is 4. The third kappa shape index (κ3) is 3.25. The fraction of sp³-hybridized carbons (Fsp3) is 0.273. The number of sulfone groups is 1. The van der Waals surface area contributed by atoms with Gasteiger partial charge < -0.3 is 9.47 Å². The van der Waals surface area contributed by atoms with Gasteiger partial charge in [0.15, 0.2) is 0 Å². The molecule has 1 aliphatic heterocycles. The molecule has 0 atom stereocenters. The standard InChI is InChI=1S/C22H21N5O3S/c1-26-14-23-25-22(26)31(29,30)15-10-12-27(13-11-15)21(28)20-16-6-2-4-8-18(16)24-19-9-5-3-7-17(19)20/h2-9,14-15H,10-13H2,1H3. The Balaban J connectivity index is 1.46. The number of hydrogen-bond donors (Lipinski definition) is 0. The number of likely N-dealkylation sites (tertiary alicyclic amines) is 1. The third-order valence-corrected chi connectivity index (χ3v) is 8.12. The normalized spacial score (nSPS) is 15.6. The number of fused-ring (bicyclic) bond motifs is 2. The quantitative estimate of drug-likeness (QED) is 0.459. The number of para-hydroxylation sites is 2. The molecule has 158 valence electrons. The maximum absolute atomic E-state index is 13.6. The first kappa shape index (κ1) is 19.6. The van der Waals surface area contributed by atoms with E-state index in [1.807, 2.05) is 48.5 Å². The van der Waals surface area contributed by atoms with Crippen LogP contribution >= 0.6 is 0 Å². The molecule has 1 saturated heterocycles. The Labute approximate surface area is 179 Å². The van der Waals surface area contributed by atoms with E-state index in [0.29, 0.717) is 31.5 Å². The topological polar surface area (TPSA) is 98.0 Å². The Hall–Kier alpha value is -3.33. The molecule has 0 spiro atoms. The zero-order chi connectivity index (χ0) is 21.6. The molecule has 2 aromatic carbocycles. The van der Waals surface area contributed by atoms with Crippen LogP contribution in [0.1, 0.15) is 23.2 Å². The van der Waals surface area contributed by atoms with Crippen molar-refractivity contribution in [1.82, 2.24) is 24.6 Å². The van der Waals surface area contributed by atoms with Crippen molar-refractivity contribution < 1.29 is 13.2 Å². The summed E-state index contributed by atoms with van der Waals surface area (Å²) >= 11 is 0. The average molecular weight is 436 g/mol. The molecule has 1 aliphatic rings. The van der Waals surface area contributed by atoms with Crippen LogP contribution in [0.15, 0.2) is 60.0 Å². The highest BCUT2D eigenvalue weighted by Crippen LogP contribution is 2.29. The van der Waals surface area contributed by atoms with Crippen LogP contribution in [0.4, 0.5) is 0 Å². The van der Waals surface area contributed by atoms with Gasteiger partial charge in [0.2, 0.25) is 15.0 Å². The minimum absolute atomic E-state index is 0.0246. The molecule has 0 bridgehead atoms. The van der Waals surface area contributed by atoms with Gasteiger partial charge in [-0.05, 0) is 25.0 Å². The number of nitrogens with zero attached hydrogens (tertiary/aromatic N) is 5. The van der Waals surface area contributed by atoms with Gasteiger partial charge in [-0.1, -0.05) is 36.4 Å². The third-order valence-electron chi connectivity index (χ3n) is 5.89. The van der Waals surface area contributed by atoms with Crippen LogP contribution in [0.25, 0.3) is 21.8 Å². The van der Waals surface area contributed by atoms with E-state index in [2.05, 4.69) is 15.2 Å². The average Bonchev–Trinajstić information content (AvgIpc) is 3.24. The van der Waals surface area contributed by atoms with Crippen molar-refractivity contribution in [2.45, 2.75) is 23.2 Å². The van der Waals surface area contributed by atoms with E-state index in [9.17, 15) is 13.2 Å². The summed E-state index contributed by atoms with van der Waals surface area (Å²) in [6, 6.07) is 15.2. The van der Waals surface area contributed by atoms with E-state index in [0.717, 1.165) is 21.8 Å². The molecule has 0 unspecified atom stereocenters. The van der Waals surface area contributed by atoms with E-state index < -0.39 is 15.1 Å². The lowest BCUT2D eigenvalue weighted by atomic mass is 10.00. The summed E-state index contributed by atoms with van der Waals surface area (Å²) in [5.41, 5.74) is 2.16. The molecule has 0 radical (unpaired) electrons. The highest BCUT2D eigenvalue weighted by atomic mass is 32.2. The van der Waals surface area contributed by atoms with Gasteiger partial charge in [0, 0.05) is 30.9 Å². The number of benzene rings is 2. The van der Waals surface area contributed by atoms with Crippen LogP contribution in [0.2, 0.25) is 0 Å². The summed E-state index contributed by atoms with van der Waals surface area (Å²) < 4.78 is 27.3. The summed E-state index contributed by atoms with van der Waals surface area (Å²) in [5, 5.41) is 8.47. The molecule has 8 nitrogen and oxygen atoms in total. The van der Waals surface area contributed by atoms with Crippen molar-refractivity contribution >= 4 is 37.6 Å². The van der Waals surface area contributed by atoms with Crippen molar-refractivity contribution in [3.8, 4) is 0 Å². The Morgan fingerprint density at radius 1 is 0.968 bits per heavy atom. The zero-order valence-corrected chi connectivity index (χ0v) is 17.8. The Bertz CT molecular complexity index is 1350. The molecule has 9 heteroatoms. The lowest BCUT2D eigenvalue weighted by molar-refractivity contribution is 0.0729. The van der Waals surface area contributed by atoms with Crippen LogP contribution in [0, 0.1) is 0 Å². The predicted octanol–water partition coefficient (Wildman–Crippen LogP) is 2.60. The maximum Gasteiger partial charge on any atom is 0.255 e. The fourth-order valence-electron chi connectivity index (χ4n) is 4.28. The minimum Gasteiger partial charge on any atom is -0.339 e. The minimum atomic E-state index is -3.59. The Morgan fingerprint density at radius 2 is 1.55 bits per heavy atom. The molecule has 1 fully saturated rings. The highest BCUT2D eigenvalue weighted by Gasteiger charge is 2.36. The molecule has 31 heavy (non-hydrogen) atoms. The van der Waals surface area contributed by atoms with E-state index in [-0.39, 0.29) is 11.1 Å². The second-order valence-electron chi connectivity index (χ2n) is 7.78. The number of carbonyl (C=O) groups excluding carboxylic acids is 1. The summed E-state index contributed by atoms with van der Waals surface area (Å²) in [4.78, 5) is 20.0. The van der Waals surface area contributed by atoms with Gasteiger partial charge in [-0.2, -0.15) is 0 Å². The first-order valence-electron chi connectivity index (χ1n) is 10.1. The molecule has 1 amide bonds. The smallest absolute Gasteiger partial charge is 0.255 e. The van der Waals surface area contributed by atoms with Gasteiger partial charge in [0.05, 0.1) is 21.8 Å². The summed E-state index contributed by atoms with van der Waals surface area (Å²) in [5.74, 6) is -0.0932. The van der Waals surface area contributed by atoms with Crippen LogP contribution < -0.4 is 0 Å². The SMILES string of the molecule is Cn1cnnc1S(=O)(=O)C1CCN(C(=O)c2c3ccccc3nc3ccccc23)CC1. The molecular weight excluding hydrogens is 414 g/mol. The summed E-state index contributed by atoms with van der Waals surface area (Å²) in [7, 11) is -1.97. The number of hydrogen-bond acceptors (Lipinski definition) is 6. The second kappa shape index (κ2) is 7.42. The van der Waals surface area contributed by atoms with Crippen molar-refractivity contribution in [3.63, 3.8) is 0 Å². The van der Waals surface area contributed by atoms with Gasteiger partial charge >= 0.3 is 0 Å². The summed E-state index contributed by atoms with van der Waals surface area (Å²) in [6.45, 7) is 0.733. The maximum atomic E-state index is 13.6. The molecule has 0 N–H and O–H groups in total. The lowest BCUT2D eigenvalue weighted by Gasteiger charge is -2.32. The van der Waals surface area contributed by atoms with Gasteiger partial charge in [-0.25, -0.2) is 13.4 Å². The number of amides is 1. The number of pyridine rings is 1. The van der Waals surface area contributed by atoms with Gasteiger partial charge in [-0.15, -0.1) is 10.2 Å². The van der Waals surface area contributed by atoms with E-state index in [1.165, 1.54) is 10.9 Å². The number of piperidine rings is 1. The highest BCUT2D eigenvalue weighted by molar-refractivity contribution is 7.91. The second-order valence-corrected chi connectivity index (χ2v) is 9.90. The molecule has 5 rings (SSSR count). The first-order chi connectivity index (χ1) is 15.0. The largest absolute Gasteiger partial charge is 0.339 e. The Morgan fingerprint density at radius 3 is 2.10 bits per heavy atom. The fourth-order valence-corrected chi connectivity index (χ4v) is 6.02. The van der Waals surface area contributed by atoms with Crippen LogP contribution in [0.3, 0.4) is 0 Å². The molecular formula is C22H21N5O3S. The molecule has 0 saturated carbocycles. The van der Waals surface area contributed by atoms with Crippen molar-refractivity contribution in [3.05, 3.63) is 60.4 Å². The number of rotatable bonds is 3. The molecule has 4 aromatic rings. The van der Waals surface area contributed by atoms with Crippen molar-refractivity contribution in [1.29, 1.82) is 0 Å². The predicted molar refractivity (Wildman–Crippen MR) is 116 cm³/mol. The number of aryl methyl sites for hydroxylation is 1. The van der Waals surface area contributed by atoms with Crippen LogP contribution in [-0.2, 0) is 16.9 Å². The molecule has 2 aromatic heterocycles. The zero-order valence-electron chi connectivity index (χ0n) is 17.0. The van der Waals surface area contributed by atoms with Gasteiger partial charge in [0.25, 0.3) is 5.91 Å². The van der Waals surface area contributed by atoms with Crippen LogP contribution in [0.5, 0.6) is 0 Å². The van der Waals surface area contributed by atoms with Crippen LogP contribution in [-0.4, -0.2) is 57.3 Å². The van der Waals surface area contributed by atoms with E-state index in [4.69, 9.17) is 0 Å².